The Bertz CT molecular complexity index is 492. The summed E-state index contributed by atoms with van der Waals surface area (Å²) in [5.74, 6) is 7.12. The summed E-state index contributed by atoms with van der Waals surface area (Å²) in [6.45, 7) is 3.46. The maximum atomic E-state index is 8.84. The third-order valence-corrected chi connectivity index (χ3v) is 4.51. The second-order valence-electron chi connectivity index (χ2n) is 6.26. The second-order valence-corrected chi connectivity index (χ2v) is 6.26. The Hall–Kier alpha value is -1.30. The number of aliphatic hydroxyl groups is 1. The first-order chi connectivity index (χ1) is 10.2. The van der Waals surface area contributed by atoms with Crippen molar-refractivity contribution in [1.29, 1.82) is 0 Å². The molecule has 1 aromatic rings. The SMILES string of the molecule is CC1CCC(N(C)Cc2ccccc2C#CCCO)CC1. The molecule has 0 amide bonds. The molecule has 2 heteroatoms. The van der Waals surface area contributed by atoms with E-state index in [1.165, 1.54) is 31.2 Å². The molecule has 0 radical (unpaired) electrons. The van der Waals surface area contributed by atoms with Crippen LogP contribution < -0.4 is 0 Å². The Balaban J connectivity index is 2.00. The summed E-state index contributed by atoms with van der Waals surface area (Å²) in [5, 5.41) is 8.84. The molecule has 0 aliphatic heterocycles. The van der Waals surface area contributed by atoms with Crippen LogP contribution in [0.2, 0.25) is 0 Å². The van der Waals surface area contributed by atoms with E-state index in [1.54, 1.807) is 0 Å². The molecule has 2 rings (SSSR count). The number of benzene rings is 1. The van der Waals surface area contributed by atoms with Crippen LogP contribution in [0, 0.1) is 17.8 Å². The summed E-state index contributed by atoms with van der Waals surface area (Å²) in [6, 6.07) is 9.08. The lowest BCUT2D eigenvalue weighted by Gasteiger charge is -2.33. The molecule has 2 nitrogen and oxygen atoms in total. The number of hydrogen-bond donors (Lipinski definition) is 1. The van der Waals surface area contributed by atoms with Crippen molar-refractivity contribution in [2.45, 2.75) is 51.6 Å². The van der Waals surface area contributed by atoms with Gasteiger partial charge in [-0.25, -0.2) is 0 Å². The summed E-state index contributed by atoms with van der Waals surface area (Å²) in [6.07, 6.45) is 5.89. The van der Waals surface area contributed by atoms with Crippen LogP contribution in [0.15, 0.2) is 24.3 Å². The molecule has 0 unspecified atom stereocenters. The van der Waals surface area contributed by atoms with Crippen LogP contribution in [-0.2, 0) is 6.54 Å². The van der Waals surface area contributed by atoms with Gasteiger partial charge in [-0.1, -0.05) is 37.0 Å². The van der Waals surface area contributed by atoms with Crippen LogP contribution in [0.25, 0.3) is 0 Å². The van der Waals surface area contributed by atoms with Crippen LogP contribution in [0.5, 0.6) is 0 Å². The zero-order chi connectivity index (χ0) is 15.1. The van der Waals surface area contributed by atoms with Gasteiger partial charge in [-0.3, -0.25) is 4.90 Å². The fraction of sp³-hybridized carbons (Fsp3) is 0.579. The van der Waals surface area contributed by atoms with Gasteiger partial charge < -0.3 is 5.11 Å². The van der Waals surface area contributed by atoms with Crippen molar-refractivity contribution in [3.05, 3.63) is 35.4 Å². The topological polar surface area (TPSA) is 23.5 Å². The maximum absolute atomic E-state index is 8.84. The summed E-state index contributed by atoms with van der Waals surface area (Å²) >= 11 is 0. The van der Waals surface area contributed by atoms with Crippen LogP contribution in [0.1, 0.15) is 50.2 Å². The molecular weight excluding hydrogens is 258 g/mol. The predicted molar refractivity (Wildman–Crippen MR) is 87.9 cm³/mol. The maximum Gasteiger partial charge on any atom is 0.0540 e. The molecule has 1 saturated carbocycles. The highest BCUT2D eigenvalue weighted by atomic mass is 16.2. The highest BCUT2D eigenvalue weighted by Gasteiger charge is 2.21. The smallest absolute Gasteiger partial charge is 0.0540 e. The van der Waals surface area contributed by atoms with Gasteiger partial charge in [0.05, 0.1) is 6.61 Å². The molecule has 0 atom stereocenters. The van der Waals surface area contributed by atoms with Crippen molar-refractivity contribution < 1.29 is 5.11 Å². The minimum atomic E-state index is 0.134. The Morgan fingerprint density at radius 2 is 1.90 bits per heavy atom. The molecule has 0 bridgehead atoms. The van der Waals surface area contributed by atoms with Crippen molar-refractivity contribution in [2.24, 2.45) is 5.92 Å². The van der Waals surface area contributed by atoms with E-state index in [-0.39, 0.29) is 6.61 Å². The van der Waals surface area contributed by atoms with E-state index in [2.05, 4.69) is 48.9 Å². The Morgan fingerprint density at radius 1 is 1.19 bits per heavy atom. The number of rotatable bonds is 4. The van der Waals surface area contributed by atoms with Gasteiger partial charge in [-0.05, 0) is 50.3 Å². The predicted octanol–water partition coefficient (Wildman–Crippen LogP) is 3.43. The number of nitrogens with zero attached hydrogens (tertiary/aromatic N) is 1. The molecule has 0 saturated heterocycles. The Labute approximate surface area is 129 Å². The van der Waals surface area contributed by atoms with Gasteiger partial charge in [0.1, 0.15) is 0 Å². The molecule has 114 valence electrons. The fourth-order valence-corrected chi connectivity index (χ4v) is 3.07. The van der Waals surface area contributed by atoms with Gasteiger partial charge in [0.15, 0.2) is 0 Å². The van der Waals surface area contributed by atoms with Gasteiger partial charge in [0.25, 0.3) is 0 Å². The van der Waals surface area contributed by atoms with Crippen LogP contribution >= 0.6 is 0 Å². The summed E-state index contributed by atoms with van der Waals surface area (Å²) in [4.78, 5) is 2.48. The van der Waals surface area contributed by atoms with E-state index in [1.807, 2.05) is 6.07 Å². The van der Waals surface area contributed by atoms with E-state index in [4.69, 9.17) is 5.11 Å². The Morgan fingerprint density at radius 3 is 2.62 bits per heavy atom. The summed E-state index contributed by atoms with van der Waals surface area (Å²) in [7, 11) is 2.23. The monoisotopic (exact) mass is 285 g/mol. The number of aliphatic hydroxyl groups excluding tert-OH is 1. The van der Waals surface area contributed by atoms with Gasteiger partial charge in [-0.2, -0.15) is 0 Å². The third kappa shape index (κ3) is 4.88. The normalized spacial score (nSPS) is 21.9. The van der Waals surface area contributed by atoms with Crippen molar-refractivity contribution in [3.63, 3.8) is 0 Å². The molecule has 0 aromatic heterocycles. The molecule has 1 N–H and O–H groups in total. The van der Waals surface area contributed by atoms with E-state index < -0.39 is 0 Å². The van der Waals surface area contributed by atoms with Crippen molar-refractivity contribution in [1.82, 2.24) is 4.90 Å². The summed E-state index contributed by atoms with van der Waals surface area (Å²) in [5.41, 5.74) is 2.39. The lowest BCUT2D eigenvalue weighted by atomic mass is 9.86. The van der Waals surface area contributed by atoms with Crippen molar-refractivity contribution >= 4 is 0 Å². The van der Waals surface area contributed by atoms with Crippen molar-refractivity contribution in [2.75, 3.05) is 13.7 Å². The standard InChI is InChI=1S/C19H27NO/c1-16-10-12-19(13-11-16)20(2)15-18-9-4-3-7-17(18)8-5-6-14-21/h3-4,7,9,16,19,21H,6,10-15H2,1-2H3. The van der Waals surface area contributed by atoms with Crippen molar-refractivity contribution in [3.8, 4) is 11.8 Å². The van der Waals surface area contributed by atoms with Gasteiger partial charge in [-0.15, -0.1) is 0 Å². The minimum absolute atomic E-state index is 0.134. The average Bonchev–Trinajstić information content (AvgIpc) is 2.50. The molecule has 1 aromatic carbocycles. The van der Waals surface area contributed by atoms with Gasteiger partial charge in [0, 0.05) is 24.6 Å². The van der Waals surface area contributed by atoms with E-state index in [0.29, 0.717) is 12.5 Å². The second kappa shape index (κ2) is 8.22. The van der Waals surface area contributed by atoms with Gasteiger partial charge in [0.2, 0.25) is 0 Å². The van der Waals surface area contributed by atoms with Gasteiger partial charge >= 0.3 is 0 Å². The highest BCUT2D eigenvalue weighted by Crippen LogP contribution is 2.27. The number of hydrogen-bond acceptors (Lipinski definition) is 2. The summed E-state index contributed by atoms with van der Waals surface area (Å²) < 4.78 is 0. The first-order valence-electron chi connectivity index (χ1n) is 8.08. The average molecular weight is 285 g/mol. The lowest BCUT2D eigenvalue weighted by molar-refractivity contribution is 0.164. The molecule has 1 aliphatic carbocycles. The van der Waals surface area contributed by atoms with Crippen LogP contribution in [0.3, 0.4) is 0 Å². The Kier molecular flexibility index (Phi) is 6.29. The molecule has 1 fully saturated rings. The molecule has 0 spiro atoms. The zero-order valence-electron chi connectivity index (χ0n) is 13.3. The largest absolute Gasteiger partial charge is 0.395 e. The molecular formula is C19H27NO. The minimum Gasteiger partial charge on any atom is -0.395 e. The molecule has 1 aliphatic rings. The molecule has 0 heterocycles. The van der Waals surface area contributed by atoms with E-state index in [0.717, 1.165) is 18.0 Å². The van der Waals surface area contributed by atoms with Crippen LogP contribution in [-0.4, -0.2) is 29.7 Å². The highest BCUT2D eigenvalue weighted by molar-refractivity contribution is 5.41. The first kappa shape index (κ1) is 16.1. The van der Waals surface area contributed by atoms with E-state index >= 15 is 0 Å². The lowest BCUT2D eigenvalue weighted by Crippen LogP contribution is -2.34. The zero-order valence-corrected chi connectivity index (χ0v) is 13.3. The molecule has 21 heavy (non-hydrogen) atoms. The quantitative estimate of drug-likeness (QED) is 0.857. The van der Waals surface area contributed by atoms with E-state index in [9.17, 15) is 0 Å². The fourth-order valence-electron chi connectivity index (χ4n) is 3.07. The van der Waals surface area contributed by atoms with Crippen LogP contribution in [0.4, 0.5) is 0 Å². The third-order valence-electron chi connectivity index (χ3n) is 4.51. The first-order valence-corrected chi connectivity index (χ1v) is 8.08.